The molecule has 6 heteroatoms. The summed E-state index contributed by atoms with van der Waals surface area (Å²) in [6, 6.07) is 0. The summed E-state index contributed by atoms with van der Waals surface area (Å²) in [5.74, 6) is 0.120. The van der Waals surface area contributed by atoms with Crippen molar-refractivity contribution >= 4 is 24.2 Å². The average Bonchev–Trinajstić information content (AvgIpc) is 2.39. The first-order valence-corrected chi connectivity index (χ1v) is 6.94. The van der Waals surface area contributed by atoms with E-state index >= 15 is 0 Å². The van der Waals surface area contributed by atoms with Crippen LogP contribution in [0, 0.1) is 5.92 Å². The number of piperidine rings is 1. The van der Waals surface area contributed by atoms with Crippen molar-refractivity contribution in [1.82, 2.24) is 10.2 Å². The number of nitrogens with two attached hydrogens (primary N) is 1. The predicted octanol–water partition coefficient (Wildman–Crippen LogP) is 0.912. The molecule has 1 saturated heterocycles. The van der Waals surface area contributed by atoms with E-state index in [1.54, 1.807) is 4.90 Å². The Bertz CT molecular complexity index is 287. The Morgan fingerprint density at radius 2 is 2.16 bits per heavy atom. The molecular formula is C13H26ClN3O2. The summed E-state index contributed by atoms with van der Waals surface area (Å²) in [6.45, 7) is 4.53. The molecular weight excluding hydrogens is 266 g/mol. The van der Waals surface area contributed by atoms with Crippen LogP contribution in [-0.2, 0) is 9.59 Å². The van der Waals surface area contributed by atoms with Crippen LogP contribution in [0.5, 0.6) is 0 Å². The summed E-state index contributed by atoms with van der Waals surface area (Å²) in [5.41, 5.74) is 5.38. The smallest absolute Gasteiger partial charge is 0.224 e. The normalized spacial score (nSPS) is 18.6. The highest BCUT2D eigenvalue weighted by Gasteiger charge is 2.27. The van der Waals surface area contributed by atoms with Crippen molar-refractivity contribution < 1.29 is 9.59 Å². The van der Waals surface area contributed by atoms with Crippen LogP contribution in [-0.4, -0.2) is 42.9 Å². The zero-order valence-corrected chi connectivity index (χ0v) is 12.5. The van der Waals surface area contributed by atoms with E-state index in [-0.39, 0.29) is 30.1 Å². The second kappa shape index (κ2) is 10.0. The van der Waals surface area contributed by atoms with Gasteiger partial charge in [-0.05, 0) is 19.3 Å². The van der Waals surface area contributed by atoms with Gasteiger partial charge in [-0.25, -0.2) is 0 Å². The van der Waals surface area contributed by atoms with E-state index in [2.05, 4.69) is 12.2 Å². The van der Waals surface area contributed by atoms with Gasteiger partial charge in [0, 0.05) is 32.6 Å². The SMILES string of the molecule is CCCCNC(=O)C1CCCN(C(=O)CCN)C1.Cl. The average molecular weight is 292 g/mol. The van der Waals surface area contributed by atoms with Crippen molar-refractivity contribution in [2.45, 2.75) is 39.0 Å². The van der Waals surface area contributed by atoms with Crippen molar-refractivity contribution in [2.75, 3.05) is 26.2 Å². The number of carbonyl (C=O) groups is 2. The molecule has 0 aliphatic carbocycles. The lowest BCUT2D eigenvalue weighted by Crippen LogP contribution is -2.45. The molecule has 2 amide bonds. The molecule has 19 heavy (non-hydrogen) atoms. The number of hydrogen-bond acceptors (Lipinski definition) is 3. The van der Waals surface area contributed by atoms with Gasteiger partial charge < -0.3 is 16.0 Å². The van der Waals surface area contributed by atoms with Gasteiger partial charge in [0.2, 0.25) is 11.8 Å². The number of likely N-dealkylation sites (tertiary alicyclic amines) is 1. The lowest BCUT2D eigenvalue weighted by atomic mass is 9.97. The topological polar surface area (TPSA) is 75.4 Å². The summed E-state index contributed by atoms with van der Waals surface area (Å²) in [6.07, 6.45) is 4.25. The van der Waals surface area contributed by atoms with Gasteiger partial charge in [0.1, 0.15) is 0 Å². The van der Waals surface area contributed by atoms with Gasteiger partial charge in [0.05, 0.1) is 5.92 Å². The number of unbranched alkanes of at least 4 members (excludes halogenated alkanes) is 1. The van der Waals surface area contributed by atoms with E-state index in [1.165, 1.54) is 0 Å². The van der Waals surface area contributed by atoms with Crippen LogP contribution >= 0.6 is 12.4 Å². The van der Waals surface area contributed by atoms with Crippen LogP contribution in [0.15, 0.2) is 0 Å². The summed E-state index contributed by atoms with van der Waals surface area (Å²) in [5, 5.41) is 2.94. The maximum atomic E-state index is 11.9. The summed E-state index contributed by atoms with van der Waals surface area (Å²) in [7, 11) is 0. The molecule has 0 aromatic rings. The Morgan fingerprint density at radius 3 is 2.79 bits per heavy atom. The lowest BCUT2D eigenvalue weighted by Gasteiger charge is -2.32. The Hall–Kier alpha value is -0.810. The minimum absolute atomic E-state index is 0. The Balaban J connectivity index is 0.00000324. The van der Waals surface area contributed by atoms with E-state index < -0.39 is 0 Å². The molecule has 0 aromatic heterocycles. The van der Waals surface area contributed by atoms with Crippen LogP contribution in [0.25, 0.3) is 0 Å². The first-order chi connectivity index (χ1) is 8.69. The number of amides is 2. The number of nitrogens with one attached hydrogen (secondary N) is 1. The molecule has 0 aromatic carbocycles. The van der Waals surface area contributed by atoms with E-state index in [0.717, 1.165) is 38.8 Å². The Labute approximate surface area is 121 Å². The fourth-order valence-corrected chi connectivity index (χ4v) is 2.23. The second-order valence-corrected chi connectivity index (χ2v) is 4.86. The molecule has 112 valence electrons. The van der Waals surface area contributed by atoms with E-state index in [0.29, 0.717) is 19.5 Å². The maximum absolute atomic E-state index is 11.9. The molecule has 1 heterocycles. The molecule has 3 N–H and O–H groups in total. The third-order valence-corrected chi connectivity index (χ3v) is 3.33. The Kier molecular flexibility index (Phi) is 9.61. The highest BCUT2D eigenvalue weighted by Crippen LogP contribution is 2.17. The zero-order valence-electron chi connectivity index (χ0n) is 11.7. The van der Waals surface area contributed by atoms with Crippen molar-refractivity contribution in [2.24, 2.45) is 11.7 Å². The molecule has 1 fully saturated rings. The minimum atomic E-state index is -0.0441. The van der Waals surface area contributed by atoms with E-state index in [4.69, 9.17) is 5.73 Å². The van der Waals surface area contributed by atoms with E-state index in [9.17, 15) is 9.59 Å². The molecule has 1 atom stereocenters. The second-order valence-electron chi connectivity index (χ2n) is 4.86. The minimum Gasteiger partial charge on any atom is -0.356 e. The zero-order chi connectivity index (χ0) is 13.4. The van der Waals surface area contributed by atoms with Gasteiger partial charge in [-0.2, -0.15) is 0 Å². The molecule has 0 saturated carbocycles. The number of halogens is 1. The Morgan fingerprint density at radius 1 is 1.42 bits per heavy atom. The summed E-state index contributed by atoms with van der Waals surface area (Å²) >= 11 is 0. The van der Waals surface area contributed by atoms with Crippen LogP contribution in [0.1, 0.15) is 39.0 Å². The predicted molar refractivity (Wildman–Crippen MR) is 78.1 cm³/mol. The van der Waals surface area contributed by atoms with Gasteiger partial charge >= 0.3 is 0 Å². The largest absolute Gasteiger partial charge is 0.356 e. The van der Waals surface area contributed by atoms with Crippen LogP contribution in [0.2, 0.25) is 0 Å². The third kappa shape index (κ3) is 6.25. The lowest BCUT2D eigenvalue weighted by molar-refractivity contribution is -0.135. The highest BCUT2D eigenvalue weighted by molar-refractivity contribution is 5.85. The molecule has 1 aliphatic rings. The monoisotopic (exact) mass is 291 g/mol. The van der Waals surface area contributed by atoms with E-state index in [1.807, 2.05) is 0 Å². The van der Waals surface area contributed by atoms with Crippen molar-refractivity contribution in [3.8, 4) is 0 Å². The molecule has 1 unspecified atom stereocenters. The standard InChI is InChI=1S/C13H25N3O2.ClH/c1-2-3-8-15-13(18)11-5-4-9-16(10-11)12(17)6-7-14;/h11H,2-10,14H2,1H3,(H,15,18);1H. The molecule has 5 nitrogen and oxygen atoms in total. The molecule has 0 bridgehead atoms. The highest BCUT2D eigenvalue weighted by atomic mass is 35.5. The third-order valence-electron chi connectivity index (χ3n) is 3.33. The maximum Gasteiger partial charge on any atom is 0.224 e. The first kappa shape index (κ1) is 18.2. The number of carbonyl (C=O) groups excluding carboxylic acids is 2. The van der Waals surface area contributed by atoms with Crippen LogP contribution in [0.3, 0.4) is 0 Å². The quantitative estimate of drug-likeness (QED) is 0.714. The number of hydrogen-bond donors (Lipinski definition) is 2. The summed E-state index contributed by atoms with van der Waals surface area (Å²) in [4.78, 5) is 25.4. The van der Waals surface area contributed by atoms with Gasteiger partial charge in [-0.1, -0.05) is 13.3 Å². The fourth-order valence-electron chi connectivity index (χ4n) is 2.23. The molecule has 0 spiro atoms. The molecule has 0 radical (unpaired) electrons. The van der Waals surface area contributed by atoms with Gasteiger partial charge in [-0.15, -0.1) is 12.4 Å². The van der Waals surface area contributed by atoms with Gasteiger partial charge in [0.15, 0.2) is 0 Å². The molecule has 1 aliphatic heterocycles. The first-order valence-electron chi connectivity index (χ1n) is 6.94. The number of nitrogens with zero attached hydrogens (tertiary/aromatic N) is 1. The van der Waals surface area contributed by atoms with Crippen LogP contribution in [0.4, 0.5) is 0 Å². The fraction of sp³-hybridized carbons (Fsp3) is 0.846. The summed E-state index contributed by atoms with van der Waals surface area (Å²) < 4.78 is 0. The molecule has 1 rings (SSSR count). The van der Waals surface area contributed by atoms with Crippen molar-refractivity contribution in [3.05, 3.63) is 0 Å². The van der Waals surface area contributed by atoms with Crippen LogP contribution < -0.4 is 11.1 Å². The van der Waals surface area contributed by atoms with Gasteiger partial charge in [-0.3, -0.25) is 9.59 Å². The van der Waals surface area contributed by atoms with Crippen molar-refractivity contribution in [3.63, 3.8) is 0 Å². The number of rotatable bonds is 6. The van der Waals surface area contributed by atoms with Crippen molar-refractivity contribution in [1.29, 1.82) is 0 Å². The van der Waals surface area contributed by atoms with Gasteiger partial charge in [0.25, 0.3) is 0 Å².